The summed E-state index contributed by atoms with van der Waals surface area (Å²) in [5, 5.41) is 12.2. The number of carbonyl (C=O) groups excluding carboxylic acids is 2. The molecule has 0 radical (unpaired) electrons. The number of nitrogens with zero attached hydrogens (tertiary/aromatic N) is 4. The quantitative estimate of drug-likeness (QED) is 0.296. The average molecular weight is 443 g/mol. The maximum atomic E-state index is 12.4. The molecule has 31 heavy (non-hydrogen) atoms. The maximum Gasteiger partial charge on any atom is 0.337 e. The van der Waals surface area contributed by atoms with Gasteiger partial charge in [-0.15, -0.1) is 0 Å². The van der Waals surface area contributed by atoms with Gasteiger partial charge in [0.1, 0.15) is 5.82 Å². The minimum absolute atomic E-state index is 0.228. The van der Waals surface area contributed by atoms with Crippen LogP contribution in [0.1, 0.15) is 41.5 Å². The predicted octanol–water partition coefficient (Wildman–Crippen LogP) is 2.98. The van der Waals surface area contributed by atoms with E-state index in [1.54, 1.807) is 46.9 Å². The van der Waals surface area contributed by atoms with E-state index in [2.05, 4.69) is 51.2 Å². The number of hydrogen-bond acceptors (Lipinski definition) is 8. The van der Waals surface area contributed by atoms with Gasteiger partial charge in [-0.1, -0.05) is 18.7 Å². The molecule has 2 heterocycles. The monoisotopic (exact) mass is 442 g/mol. The molecule has 0 saturated heterocycles. The zero-order valence-electron chi connectivity index (χ0n) is 18.0. The Labute approximate surface area is 185 Å². The molecule has 0 unspecified atom stereocenters. The number of esters is 1. The lowest BCUT2D eigenvalue weighted by molar-refractivity contribution is 0.0600. The zero-order chi connectivity index (χ0) is 22.4. The van der Waals surface area contributed by atoms with E-state index in [9.17, 15) is 9.59 Å². The Hall–Kier alpha value is -3.14. The molecule has 1 aromatic carbocycles. The molecule has 10 heteroatoms. The van der Waals surface area contributed by atoms with Gasteiger partial charge in [-0.2, -0.15) is 5.10 Å². The Morgan fingerprint density at radius 3 is 2.52 bits per heavy atom. The fourth-order valence-electron chi connectivity index (χ4n) is 2.93. The van der Waals surface area contributed by atoms with Crippen LogP contribution in [0, 0.1) is 0 Å². The highest BCUT2D eigenvalue weighted by Gasteiger charge is 2.14. The molecule has 0 aliphatic heterocycles. The van der Waals surface area contributed by atoms with E-state index in [0.717, 1.165) is 22.6 Å². The summed E-state index contributed by atoms with van der Waals surface area (Å²) in [4.78, 5) is 33.2. The van der Waals surface area contributed by atoms with Crippen LogP contribution in [0.3, 0.4) is 0 Å². The van der Waals surface area contributed by atoms with Gasteiger partial charge in [0.15, 0.2) is 10.8 Å². The van der Waals surface area contributed by atoms with Crippen LogP contribution in [0.25, 0.3) is 11.0 Å². The Bertz CT molecular complexity index is 1060. The Morgan fingerprint density at radius 2 is 1.87 bits per heavy atom. The topological polar surface area (TPSA) is 111 Å². The van der Waals surface area contributed by atoms with Crippen molar-refractivity contribution in [2.75, 3.05) is 24.7 Å². The van der Waals surface area contributed by atoms with Crippen molar-refractivity contribution in [1.29, 1.82) is 0 Å². The van der Waals surface area contributed by atoms with Gasteiger partial charge in [0.2, 0.25) is 0 Å². The summed E-state index contributed by atoms with van der Waals surface area (Å²) in [6, 6.07) is 6.54. The van der Waals surface area contributed by atoms with Crippen molar-refractivity contribution in [2.24, 2.45) is 0 Å². The Balaban J connectivity index is 1.70. The van der Waals surface area contributed by atoms with E-state index in [0.29, 0.717) is 29.4 Å². The molecule has 164 valence electrons. The molecule has 0 atom stereocenters. The van der Waals surface area contributed by atoms with E-state index in [4.69, 9.17) is 0 Å². The van der Waals surface area contributed by atoms with Crippen molar-refractivity contribution in [3.63, 3.8) is 0 Å². The van der Waals surface area contributed by atoms with Crippen molar-refractivity contribution in [3.05, 3.63) is 41.6 Å². The second kappa shape index (κ2) is 10.3. The third kappa shape index (κ3) is 5.52. The van der Waals surface area contributed by atoms with Gasteiger partial charge >= 0.3 is 5.97 Å². The number of fused-ring (bicyclic) bond motifs is 1. The molecule has 0 saturated carbocycles. The van der Waals surface area contributed by atoms with Crippen LogP contribution in [0.15, 0.2) is 35.6 Å². The molecule has 0 aliphatic rings. The number of amides is 1. The van der Waals surface area contributed by atoms with Gasteiger partial charge in [0.25, 0.3) is 5.91 Å². The highest BCUT2D eigenvalue weighted by Crippen LogP contribution is 2.24. The van der Waals surface area contributed by atoms with Crippen LogP contribution in [-0.4, -0.2) is 57.1 Å². The molecule has 3 aromatic rings. The minimum atomic E-state index is -0.438. The Morgan fingerprint density at radius 1 is 1.16 bits per heavy atom. The number of anilines is 1. The van der Waals surface area contributed by atoms with E-state index < -0.39 is 5.97 Å². The van der Waals surface area contributed by atoms with Crippen LogP contribution < -0.4 is 10.6 Å². The lowest BCUT2D eigenvalue weighted by atomic mass is 10.1. The van der Waals surface area contributed by atoms with Crippen molar-refractivity contribution < 1.29 is 14.3 Å². The molecule has 9 nitrogen and oxygen atoms in total. The van der Waals surface area contributed by atoms with Crippen LogP contribution >= 0.6 is 11.8 Å². The average Bonchev–Trinajstić information content (AvgIpc) is 3.16. The number of methoxy groups -OCH3 is 1. The molecule has 0 spiro atoms. The second-order valence-corrected chi connectivity index (χ2v) is 8.25. The molecule has 0 fully saturated rings. The molecule has 2 N–H and O–H groups in total. The molecule has 1 amide bonds. The highest BCUT2D eigenvalue weighted by molar-refractivity contribution is 7.99. The molecular formula is C21H26N6O3S. The van der Waals surface area contributed by atoms with Gasteiger partial charge in [0, 0.05) is 18.2 Å². The lowest BCUT2D eigenvalue weighted by Crippen LogP contribution is -2.27. The van der Waals surface area contributed by atoms with Crippen LogP contribution in [-0.2, 0) is 11.3 Å². The summed E-state index contributed by atoms with van der Waals surface area (Å²) in [7, 11) is 1.32. The van der Waals surface area contributed by atoms with Crippen LogP contribution in [0.2, 0.25) is 0 Å². The van der Waals surface area contributed by atoms with Crippen molar-refractivity contribution >= 4 is 40.5 Å². The smallest absolute Gasteiger partial charge is 0.337 e. The standard InChI is InChI=1S/C21H26N6O3S/c1-5-31-21-25-17(24-13(2)3)16-12-23-27(18(16)26-21)11-10-22-19(28)14-6-8-15(9-7-14)20(29)30-4/h6-9,12-13H,5,10-11H2,1-4H3,(H,22,28)(H,24,25,26). The number of rotatable bonds is 9. The molecule has 3 rings (SSSR count). The first-order valence-corrected chi connectivity index (χ1v) is 11.0. The highest BCUT2D eigenvalue weighted by atomic mass is 32.2. The first-order chi connectivity index (χ1) is 14.9. The van der Waals surface area contributed by atoms with Crippen molar-refractivity contribution in [1.82, 2.24) is 25.1 Å². The number of nitrogens with one attached hydrogen (secondary N) is 2. The summed E-state index contributed by atoms with van der Waals surface area (Å²) in [6.07, 6.45) is 1.74. The number of hydrogen-bond donors (Lipinski definition) is 2. The SMILES string of the molecule is CCSc1nc(NC(C)C)c2cnn(CCNC(=O)c3ccc(C(=O)OC)cc3)c2n1. The molecule has 0 bridgehead atoms. The van der Waals surface area contributed by atoms with Gasteiger partial charge in [0.05, 0.1) is 30.8 Å². The number of benzene rings is 1. The zero-order valence-corrected chi connectivity index (χ0v) is 18.8. The normalized spacial score (nSPS) is 11.0. The molecule has 2 aromatic heterocycles. The maximum absolute atomic E-state index is 12.4. The first kappa shape index (κ1) is 22.5. The minimum Gasteiger partial charge on any atom is -0.465 e. The van der Waals surface area contributed by atoms with E-state index in [1.807, 2.05) is 0 Å². The van der Waals surface area contributed by atoms with Gasteiger partial charge in [-0.05, 0) is 43.9 Å². The van der Waals surface area contributed by atoms with Gasteiger partial charge < -0.3 is 15.4 Å². The first-order valence-electron chi connectivity index (χ1n) is 10.0. The molecule has 0 aliphatic carbocycles. The number of carbonyl (C=O) groups is 2. The van der Waals surface area contributed by atoms with Crippen LogP contribution in [0.4, 0.5) is 5.82 Å². The fraction of sp³-hybridized carbons (Fsp3) is 0.381. The van der Waals surface area contributed by atoms with Crippen molar-refractivity contribution in [3.8, 4) is 0 Å². The predicted molar refractivity (Wildman–Crippen MR) is 121 cm³/mol. The van der Waals surface area contributed by atoms with E-state index >= 15 is 0 Å². The number of aromatic nitrogens is 4. The largest absolute Gasteiger partial charge is 0.465 e. The van der Waals surface area contributed by atoms with Crippen molar-refractivity contribution in [2.45, 2.75) is 38.5 Å². The summed E-state index contributed by atoms with van der Waals surface area (Å²) >= 11 is 1.57. The third-order valence-corrected chi connectivity index (χ3v) is 5.08. The summed E-state index contributed by atoms with van der Waals surface area (Å²) < 4.78 is 6.43. The van der Waals surface area contributed by atoms with E-state index in [1.165, 1.54) is 7.11 Å². The summed E-state index contributed by atoms with van der Waals surface area (Å²) in [6.45, 7) is 7.00. The van der Waals surface area contributed by atoms with Gasteiger partial charge in [-0.3, -0.25) is 4.79 Å². The van der Waals surface area contributed by atoms with E-state index in [-0.39, 0.29) is 11.9 Å². The summed E-state index contributed by atoms with van der Waals surface area (Å²) in [5.41, 5.74) is 1.59. The third-order valence-electron chi connectivity index (χ3n) is 4.35. The second-order valence-electron chi connectivity index (χ2n) is 7.02. The number of ether oxygens (including phenoxy) is 1. The van der Waals surface area contributed by atoms with Crippen LogP contribution in [0.5, 0.6) is 0 Å². The lowest BCUT2D eigenvalue weighted by Gasteiger charge is -2.12. The molecular weight excluding hydrogens is 416 g/mol. The Kier molecular flexibility index (Phi) is 7.45. The van der Waals surface area contributed by atoms with Gasteiger partial charge in [-0.25, -0.2) is 19.4 Å². The summed E-state index contributed by atoms with van der Waals surface area (Å²) in [5.74, 6) is 0.959. The fourth-order valence-corrected chi connectivity index (χ4v) is 3.49. The number of thioether (sulfide) groups is 1.